The molecule has 1 saturated heterocycles. The normalized spacial score (nSPS) is 18.4. The van der Waals surface area contributed by atoms with Crippen LogP contribution in [0.25, 0.3) is 22.7 Å². The second-order valence-corrected chi connectivity index (χ2v) is 14.5. The Morgan fingerprint density at radius 3 is 2.49 bits per heavy atom. The first-order chi connectivity index (χ1) is 24.7. The molecule has 1 aliphatic heterocycles. The Morgan fingerprint density at radius 2 is 1.73 bits per heavy atom. The molecule has 268 valence electrons. The number of carbonyl (C=O) groups is 1. The molecule has 2 aliphatic rings. The molecule has 12 heteroatoms. The maximum Gasteiger partial charge on any atom is 0.320 e. The Kier molecular flexibility index (Phi) is 10.2. The number of nitrogens with zero attached hydrogens (tertiary/aromatic N) is 6. The lowest BCUT2D eigenvalue weighted by atomic mass is 9.92. The SMILES string of the molecule is Cc1ccc(-n2nc(C(C)(C)C)cc2NC(=O)N[C@H]2CC[C@@H](Oc3ccc4nnc(-c5cccc(OCCN6CCOCC6)c5)n4c3)CC2)cc1. The maximum absolute atomic E-state index is 13.2. The number of benzene rings is 2. The van der Waals surface area contributed by atoms with Crippen LogP contribution in [-0.2, 0) is 10.2 Å². The number of aryl methyl sites for hydroxylation is 1. The number of fused-ring (bicyclic) bond motifs is 1. The van der Waals surface area contributed by atoms with Crippen molar-refractivity contribution in [1.29, 1.82) is 0 Å². The van der Waals surface area contributed by atoms with Crippen molar-refractivity contribution in [3.05, 3.63) is 84.2 Å². The fourth-order valence-corrected chi connectivity index (χ4v) is 6.55. The summed E-state index contributed by atoms with van der Waals surface area (Å²) in [6.45, 7) is 13.3. The van der Waals surface area contributed by atoms with Crippen LogP contribution in [0.2, 0.25) is 0 Å². The molecule has 12 nitrogen and oxygen atoms in total. The molecule has 1 saturated carbocycles. The molecule has 2 fully saturated rings. The van der Waals surface area contributed by atoms with Gasteiger partial charge in [-0.05, 0) is 69.0 Å². The number of morpholine rings is 1. The number of hydrogen-bond donors (Lipinski definition) is 2. The van der Waals surface area contributed by atoms with E-state index in [9.17, 15) is 4.79 Å². The fraction of sp³-hybridized carbons (Fsp3) is 0.436. The third-order valence-corrected chi connectivity index (χ3v) is 9.56. The van der Waals surface area contributed by atoms with Crippen molar-refractivity contribution in [2.45, 2.75) is 70.9 Å². The van der Waals surface area contributed by atoms with Crippen LogP contribution in [0.15, 0.2) is 72.9 Å². The molecular weight excluding hydrogens is 644 g/mol. The molecule has 0 spiro atoms. The highest BCUT2D eigenvalue weighted by Gasteiger charge is 2.26. The maximum atomic E-state index is 13.2. The summed E-state index contributed by atoms with van der Waals surface area (Å²) in [6, 6.07) is 21.8. The molecule has 51 heavy (non-hydrogen) atoms. The van der Waals surface area contributed by atoms with Gasteiger partial charge in [-0.2, -0.15) is 5.10 Å². The van der Waals surface area contributed by atoms with Gasteiger partial charge in [0.25, 0.3) is 0 Å². The lowest BCUT2D eigenvalue weighted by molar-refractivity contribution is 0.0322. The molecule has 2 N–H and O–H groups in total. The van der Waals surface area contributed by atoms with Gasteiger partial charge < -0.3 is 19.5 Å². The van der Waals surface area contributed by atoms with Crippen molar-refractivity contribution in [2.75, 3.05) is 44.8 Å². The van der Waals surface area contributed by atoms with Gasteiger partial charge in [-0.25, -0.2) is 9.48 Å². The zero-order valence-corrected chi connectivity index (χ0v) is 30.0. The zero-order valence-electron chi connectivity index (χ0n) is 30.0. The van der Waals surface area contributed by atoms with Crippen molar-refractivity contribution in [1.82, 2.24) is 34.6 Å². The molecule has 0 unspecified atom stereocenters. The topological polar surface area (TPSA) is 120 Å². The van der Waals surface area contributed by atoms with E-state index in [1.165, 1.54) is 5.56 Å². The number of carbonyl (C=O) groups excluding carboxylic acids is 1. The number of rotatable bonds is 10. The third kappa shape index (κ3) is 8.51. The number of anilines is 1. The van der Waals surface area contributed by atoms with Crippen LogP contribution in [-0.4, -0.2) is 86.9 Å². The Bertz CT molecular complexity index is 1930. The van der Waals surface area contributed by atoms with Crippen molar-refractivity contribution >= 4 is 17.5 Å². The number of ether oxygens (including phenoxy) is 3. The minimum absolute atomic E-state index is 0.0454. The molecule has 3 aromatic heterocycles. The quantitative estimate of drug-likeness (QED) is 0.172. The minimum atomic E-state index is -0.231. The lowest BCUT2D eigenvalue weighted by Crippen LogP contribution is -2.42. The molecule has 5 aromatic rings. The first-order valence-corrected chi connectivity index (χ1v) is 18.0. The van der Waals surface area contributed by atoms with E-state index in [4.69, 9.17) is 19.3 Å². The second kappa shape index (κ2) is 15.1. The fourth-order valence-electron chi connectivity index (χ4n) is 6.55. The lowest BCUT2D eigenvalue weighted by Gasteiger charge is -2.29. The number of aromatic nitrogens is 5. The van der Waals surface area contributed by atoms with Crippen LogP contribution < -0.4 is 20.1 Å². The Labute approximate surface area is 299 Å². The van der Waals surface area contributed by atoms with Gasteiger partial charge >= 0.3 is 6.03 Å². The Balaban J connectivity index is 0.937. The van der Waals surface area contributed by atoms with Gasteiger partial charge in [-0.3, -0.25) is 14.6 Å². The molecule has 4 heterocycles. The van der Waals surface area contributed by atoms with Gasteiger partial charge in [0.15, 0.2) is 11.5 Å². The van der Waals surface area contributed by atoms with Crippen LogP contribution in [0.4, 0.5) is 10.6 Å². The molecule has 1 aliphatic carbocycles. The number of nitrogens with one attached hydrogen (secondary N) is 2. The van der Waals surface area contributed by atoms with E-state index in [0.717, 1.165) is 98.4 Å². The first-order valence-electron chi connectivity index (χ1n) is 18.0. The summed E-state index contributed by atoms with van der Waals surface area (Å²) in [7, 11) is 0. The Morgan fingerprint density at radius 1 is 0.941 bits per heavy atom. The monoisotopic (exact) mass is 692 g/mol. The third-order valence-electron chi connectivity index (χ3n) is 9.56. The predicted octanol–water partition coefficient (Wildman–Crippen LogP) is 6.41. The van der Waals surface area contributed by atoms with E-state index < -0.39 is 0 Å². The van der Waals surface area contributed by atoms with E-state index in [1.54, 1.807) is 4.68 Å². The molecule has 7 rings (SSSR count). The molecule has 2 amide bonds. The summed E-state index contributed by atoms with van der Waals surface area (Å²) in [4.78, 5) is 15.6. The average molecular weight is 693 g/mol. The molecule has 2 aromatic carbocycles. The van der Waals surface area contributed by atoms with Crippen LogP contribution in [0.5, 0.6) is 11.5 Å². The summed E-state index contributed by atoms with van der Waals surface area (Å²) < 4.78 is 21.8. The van der Waals surface area contributed by atoms with Crippen LogP contribution in [0.3, 0.4) is 0 Å². The van der Waals surface area contributed by atoms with E-state index >= 15 is 0 Å². The smallest absolute Gasteiger partial charge is 0.320 e. The summed E-state index contributed by atoms with van der Waals surface area (Å²) in [6.07, 6.45) is 5.30. The van der Waals surface area contributed by atoms with Gasteiger partial charge in [0, 0.05) is 42.7 Å². The van der Waals surface area contributed by atoms with Crippen molar-refractivity contribution in [3.63, 3.8) is 0 Å². The number of urea groups is 1. The van der Waals surface area contributed by atoms with E-state index in [1.807, 2.05) is 77.3 Å². The van der Waals surface area contributed by atoms with Crippen LogP contribution >= 0.6 is 0 Å². The molecule has 0 atom stereocenters. The van der Waals surface area contributed by atoms with Crippen LogP contribution in [0.1, 0.15) is 57.7 Å². The van der Waals surface area contributed by atoms with Gasteiger partial charge in [0.1, 0.15) is 23.9 Å². The van der Waals surface area contributed by atoms with Gasteiger partial charge in [0.2, 0.25) is 0 Å². The first kappa shape index (κ1) is 34.5. The summed E-state index contributed by atoms with van der Waals surface area (Å²) in [5, 5.41) is 20.0. The van der Waals surface area contributed by atoms with Crippen molar-refractivity contribution < 1.29 is 19.0 Å². The minimum Gasteiger partial charge on any atom is -0.492 e. The number of pyridine rings is 1. The summed E-state index contributed by atoms with van der Waals surface area (Å²) in [5.74, 6) is 2.93. The zero-order chi connectivity index (χ0) is 35.4. The van der Waals surface area contributed by atoms with E-state index in [-0.39, 0.29) is 23.6 Å². The Hall–Kier alpha value is -4.94. The van der Waals surface area contributed by atoms with Crippen molar-refractivity contribution in [3.8, 4) is 28.6 Å². The second-order valence-electron chi connectivity index (χ2n) is 14.5. The predicted molar refractivity (Wildman–Crippen MR) is 197 cm³/mol. The molecule has 0 bridgehead atoms. The number of hydrogen-bond acceptors (Lipinski definition) is 8. The van der Waals surface area contributed by atoms with Gasteiger partial charge in [-0.15, -0.1) is 10.2 Å². The highest BCUT2D eigenvalue weighted by Crippen LogP contribution is 2.29. The molecule has 0 radical (unpaired) electrons. The van der Waals surface area contributed by atoms with Gasteiger partial charge in [-0.1, -0.05) is 50.6 Å². The number of amides is 2. The molecular formula is C39H48N8O4. The highest BCUT2D eigenvalue weighted by atomic mass is 16.5. The van der Waals surface area contributed by atoms with E-state index in [0.29, 0.717) is 12.4 Å². The largest absolute Gasteiger partial charge is 0.492 e. The van der Waals surface area contributed by atoms with Crippen LogP contribution in [0, 0.1) is 6.92 Å². The standard InChI is InChI=1S/C39H48N8O4/c1-27-8-12-30(13-9-27)47-36(25-34(44-47)39(2,3)4)41-38(48)40-29-10-14-31(15-11-29)51-33-16-17-35-42-43-37(46(35)26-33)28-6-5-7-32(24-28)50-23-20-45-18-21-49-22-19-45/h5-9,12-13,16-17,24-26,29,31H,10-11,14-15,18-23H2,1-4H3,(H2,40,41,48)/t29-,31+. The highest BCUT2D eigenvalue weighted by molar-refractivity contribution is 5.89. The summed E-state index contributed by atoms with van der Waals surface area (Å²) in [5.41, 5.74) is 4.48. The van der Waals surface area contributed by atoms with Crippen molar-refractivity contribution in [2.24, 2.45) is 0 Å². The summed E-state index contributed by atoms with van der Waals surface area (Å²) >= 11 is 0. The average Bonchev–Trinajstić information content (AvgIpc) is 3.75. The van der Waals surface area contributed by atoms with E-state index in [2.05, 4.69) is 53.4 Å². The van der Waals surface area contributed by atoms with Gasteiger partial charge in [0.05, 0.1) is 36.9 Å².